The summed E-state index contributed by atoms with van der Waals surface area (Å²) < 4.78 is 0. The van der Waals surface area contributed by atoms with Crippen LogP contribution < -0.4 is 0 Å². The second-order valence-corrected chi connectivity index (χ2v) is 4.93. The van der Waals surface area contributed by atoms with E-state index >= 15 is 0 Å². The maximum absolute atomic E-state index is 2.71. The smallest absolute Gasteiger partial charge is 0.0353 e. The molecule has 0 aromatic carbocycles. The molecule has 2 aliphatic heterocycles. The molecule has 2 rings (SSSR count). The monoisotopic (exact) mass is 182 g/mol. The van der Waals surface area contributed by atoms with Crippen molar-refractivity contribution in [1.82, 2.24) is 9.80 Å². The first-order valence-electron chi connectivity index (χ1n) is 5.68. The third-order valence-corrected chi connectivity index (χ3v) is 3.69. The molecule has 1 unspecified atom stereocenters. The Labute approximate surface area is 81.9 Å². The second kappa shape index (κ2) is 3.58. The van der Waals surface area contributed by atoms with Crippen molar-refractivity contribution in [3.05, 3.63) is 0 Å². The van der Waals surface area contributed by atoms with Gasteiger partial charge in [0.1, 0.15) is 0 Å². The van der Waals surface area contributed by atoms with Gasteiger partial charge in [0, 0.05) is 31.2 Å². The van der Waals surface area contributed by atoms with Crippen molar-refractivity contribution in [2.75, 3.05) is 19.6 Å². The molecule has 2 aliphatic rings. The molecule has 0 aromatic heterocycles. The van der Waals surface area contributed by atoms with Crippen LogP contribution in [-0.4, -0.2) is 47.6 Å². The highest BCUT2D eigenvalue weighted by Crippen LogP contribution is 2.25. The summed E-state index contributed by atoms with van der Waals surface area (Å²) in [6.07, 6.45) is 2.83. The van der Waals surface area contributed by atoms with Gasteiger partial charge >= 0.3 is 0 Å². The quantitative estimate of drug-likeness (QED) is 0.639. The molecule has 0 saturated carbocycles. The normalized spacial score (nSPS) is 32.8. The molecular formula is C11H22N2. The number of hydrogen-bond acceptors (Lipinski definition) is 2. The maximum atomic E-state index is 2.71. The minimum absolute atomic E-state index is 0.745. The zero-order valence-corrected chi connectivity index (χ0v) is 9.16. The Balaban J connectivity index is 1.79. The Bertz CT molecular complexity index is 173. The molecule has 0 amide bonds. The Hall–Kier alpha value is -0.0800. The van der Waals surface area contributed by atoms with Crippen molar-refractivity contribution < 1.29 is 0 Å². The van der Waals surface area contributed by atoms with Crippen LogP contribution in [0.5, 0.6) is 0 Å². The molecule has 0 N–H and O–H groups in total. The first-order chi connectivity index (χ1) is 6.18. The van der Waals surface area contributed by atoms with E-state index in [1.807, 2.05) is 0 Å². The van der Waals surface area contributed by atoms with Crippen LogP contribution in [0.2, 0.25) is 0 Å². The topological polar surface area (TPSA) is 6.48 Å². The third-order valence-electron chi connectivity index (χ3n) is 3.69. The summed E-state index contributed by atoms with van der Waals surface area (Å²) in [5.74, 6) is 0. The van der Waals surface area contributed by atoms with Crippen LogP contribution in [0.25, 0.3) is 0 Å². The highest BCUT2D eigenvalue weighted by molar-refractivity contribution is 4.93. The lowest BCUT2D eigenvalue weighted by Gasteiger charge is -2.47. The average Bonchev–Trinajstić information content (AvgIpc) is 2.32. The van der Waals surface area contributed by atoms with Crippen LogP contribution in [0, 0.1) is 0 Å². The van der Waals surface area contributed by atoms with Gasteiger partial charge in [0.2, 0.25) is 0 Å². The zero-order valence-electron chi connectivity index (χ0n) is 9.16. The fourth-order valence-corrected chi connectivity index (χ4v) is 2.62. The zero-order chi connectivity index (χ0) is 9.42. The second-order valence-electron chi connectivity index (χ2n) is 4.93. The van der Waals surface area contributed by atoms with E-state index in [9.17, 15) is 0 Å². The minimum Gasteiger partial charge on any atom is -0.298 e. The molecule has 2 fully saturated rings. The Morgan fingerprint density at radius 1 is 1.23 bits per heavy atom. The fraction of sp³-hybridized carbons (Fsp3) is 1.00. The third kappa shape index (κ3) is 1.75. The number of nitrogens with zero attached hydrogens (tertiary/aromatic N) is 2. The van der Waals surface area contributed by atoms with Crippen molar-refractivity contribution in [2.24, 2.45) is 0 Å². The standard InChI is InChI=1S/C11H22N2/c1-9(2)12-7-11(8-12)13-6-4-5-10(13)3/h9-11H,4-8H2,1-3H3. The van der Waals surface area contributed by atoms with E-state index < -0.39 is 0 Å². The van der Waals surface area contributed by atoms with E-state index in [1.165, 1.54) is 32.5 Å². The van der Waals surface area contributed by atoms with E-state index in [1.54, 1.807) is 0 Å². The van der Waals surface area contributed by atoms with Gasteiger partial charge < -0.3 is 0 Å². The highest BCUT2D eigenvalue weighted by Gasteiger charge is 2.36. The van der Waals surface area contributed by atoms with E-state index in [2.05, 4.69) is 30.6 Å². The molecule has 13 heavy (non-hydrogen) atoms. The average molecular weight is 182 g/mol. The van der Waals surface area contributed by atoms with Gasteiger partial charge in [0.15, 0.2) is 0 Å². The van der Waals surface area contributed by atoms with Crippen molar-refractivity contribution in [1.29, 1.82) is 0 Å². The van der Waals surface area contributed by atoms with Gasteiger partial charge in [-0.2, -0.15) is 0 Å². The van der Waals surface area contributed by atoms with Crippen molar-refractivity contribution in [3.8, 4) is 0 Å². The fourth-order valence-electron chi connectivity index (χ4n) is 2.62. The summed E-state index contributed by atoms with van der Waals surface area (Å²) in [5.41, 5.74) is 0. The summed E-state index contributed by atoms with van der Waals surface area (Å²) >= 11 is 0. The van der Waals surface area contributed by atoms with Gasteiger partial charge in [-0.15, -0.1) is 0 Å². The van der Waals surface area contributed by atoms with E-state index in [4.69, 9.17) is 0 Å². The van der Waals surface area contributed by atoms with Gasteiger partial charge in [-0.25, -0.2) is 0 Å². The molecule has 2 nitrogen and oxygen atoms in total. The molecule has 0 radical (unpaired) electrons. The molecular weight excluding hydrogens is 160 g/mol. The van der Waals surface area contributed by atoms with E-state index in [0.29, 0.717) is 0 Å². The molecule has 2 heterocycles. The lowest BCUT2D eigenvalue weighted by molar-refractivity contribution is 0.0107. The largest absolute Gasteiger partial charge is 0.298 e. The summed E-state index contributed by atoms with van der Waals surface area (Å²) in [6, 6.07) is 2.47. The molecule has 0 bridgehead atoms. The van der Waals surface area contributed by atoms with Gasteiger partial charge in [0.05, 0.1) is 0 Å². The van der Waals surface area contributed by atoms with Crippen LogP contribution in [0.15, 0.2) is 0 Å². The maximum Gasteiger partial charge on any atom is 0.0353 e. The molecule has 0 spiro atoms. The number of rotatable bonds is 2. The summed E-state index contributed by atoms with van der Waals surface area (Å²) in [4.78, 5) is 5.27. The first kappa shape index (κ1) is 9.47. The predicted molar refractivity (Wildman–Crippen MR) is 55.9 cm³/mol. The van der Waals surface area contributed by atoms with Gasteiger partial charge in [-0.1, -0.05) is 0 Å². The molecule has 0 aromatic rings. The van der Waals surface area contributed by atoms with E-state index in [0.717, 1.165) is 18.1 Å². The number of hydrogen-bond donors (Lipinski definition) is 0. The molecule has 2 saturated heterocycles. The molecule has 2 heteroatoms. The van der Waals surface area contributed by atoms with Crippen LogP contribution in [-0.2, 0) is 0 Å². The lowest BCUT2D eigenvalue weighted by Crippen LogP contribution is -2.61. The summed E-state index contributed by atoms with van der Waals surface area (Å²) in [5, 5.41) is 0. The van der Waals surface area contributed by atoms with Crippen molar-refractivity contribution in [3.63, 3.8) is 0 Å². The predicted octanol–water partition coefficient (Wildman–Crippen LogP) is 1.56. The minimum atomic E-state index is 0.745. The van der Waals surface area contributed by atoms with Crippen LogP contribution in [0.1, 0.15) is 33.6 Å². The van der Waals surface area contributed by atoms with Crippen LogP contribution in [0.3, 0.4) is 0 Å². The Morgan fingerprint density at radius 2 is 1.92 bits per heavy atom. The summed E-state index contributed by atoms with van der Waals surface area (Å²) in [6.45, 7) is 10.9. The first-order valence-corrected chi connectivity index (χ1v) is 5.68. The van der Waals surface area contributed by atoms with Gasteiger partial charge in [-0.3, -0.25) is 9.80 Å². The van der Waals surface area contributed by atoms with Crippen LogP contribution in [0.4, 0.5) is 0 Å². The molecule has 0 aliphatic carbocycles. The Morgan fingerprint density at radius 3 is 2.38 bits per heavy atom. The highest BCUT2D eigenvalue weighted by atomic mass is 15.3. The SMILES string of the molecule is CC(C)N1CC(N2CCCC2C)C1. The van der Waals surface area contributed by atoms with Crippen molar-refractivity contribution in [2.45, 2.75) is 51.7 Å². The Kier molecular flexibility index (Phi) is 2.61. The van der Waals surface area contributed by atoms with Gasteiger partial charge in [0.25, 0.3) is 0 Å². The number of likely N-dealkylation sites (tertiary alicyclic amines) is 2. The van der Waals surface area contributed by atoms with Crippen LogP contribution >= 0.6 is 0 Å². The van der Waals surface area contributed by atoms with Gasteiger partial charge in [-0.05, 0) is 40.2 Å². The summed E-state index contributed by atoms with van der Waals surface area (Å²) in [7, 11) is 0. The molecule has 1 atom stereocenters. The van der Waals surface area contributed by atoms with E-state index in [-0.39, 0.29) is 0 Å². The van der Waals surface area contributed by atoms with Crippen molar-refractivity contribution >= 4 is 0 Å². The lowest BCUT2D eigenvalue weighted by atomic mass is 10.0. The molecule has 76 valence electrons.